The number of aryl methyl sites for hydroxylation is 3. The second-order valence-electron chi connectivity index (χ2n) is 6.30. The van der Waals surface area contributed by atoms with Gasteiger partial charge in [-0.3, -0.25) is 9.59 Å². The van der Waals surface area contributed by atoms with Crippen molar-refractivity contribution in [2.75, 3.05) is 18.1 Å². The molecule has 2 amide bonds. The summed E-state index contributed by atoms with van der Waals surface area (Å²) in [6.45, 7) is 5.58. The Bertz CT molecular complexity index is 942. The van der Waals surface area contributed by atoms with Gasteiger partial charge in [-0.15, -0.1) is 0 Å². The fourth-order valence-electron chi connectivity index (χ4n) is 2.69. The van der Waals surface area contributed by atoms with Crippen LogP contribution in [0.4, 0.5) is 5.69 Å². The fraction of sp³-hybridized carbons (Fsp3) is 0.263. The lowest BCUT2D eigenvalue weighted by Crippen LogP contribution is -2.33. The fourth-order valence-corrected chi connectivity index (χ4v) is 3.36. The number of nitrogens with one attached hydrogen (secondary N) is 2. The molecular formula is C19H22N2O4S. The largest absolute Gasteiger partial charge is 0.343 e. The lowest BCUT2D eigenvalue weighted by molar-refractivity contribution is -0.115. The van der Waals surface area contributed by atoms with E-state index in [1.54, 1.807) is 0 Å². The van der Waals surface area contributed by atoms with Crippen molar-refractivity contribution < 1.29 is 18.0 Å². The number of carbonyl (C=O) groups excluding carboxylic acids is 2. The monoisotopic (exact) mass is 374 g/mol. The van der Waals surface area contributed by atoms with Gasteiger partial charge in [-0.25, -0.2) is 8.42 Å². The van der Waals surface area contributed by atoms with Gasteiger partial charge < -0.3 is 10.6 Å². The molecule has 0 atom stereocenters. The van der Waals surface area contributed by atoms with Crippen LogP contribution in [0.2, 0.25) is 0 Å². The van der Waals surface area contributed by atoms with Gasteiger partial charge in [-0.1, -0.05) is 23.8 Å². The summed E-state index contributed by atoms with van der Waals surface area (Å²) in [5, 5.41) is 5.30. The molecule has 0 spiro atoms. The lowest BCUT2D eigenvalue weighted by Gasteiger charge is -2.13. The van der Waals surface area contributed by atoms with E-state index in [4.69, 9.17) is 0 Å². The Morgan fingerprint density at radius 1 is 1.00 bits per heavy atom. The SMILES string of the molecule is Cc1cc(C)c(NC(=O)CNC(=O)c2cccc(S(C)(=O)=O)c2)c(C)c1. The molecule has 2 aromatic rings. The summed E-state index contributed by atoms with van der Waals surface area (Å²) in [5.74, 6) is -0.865. The van der Waals surface area contributed by atoms with E-state index in [9.17, 15) is 18.0 Å². The first-order chi connectivity index (χ1) is 12.1. The van der Waals surface area contributed by atoms with E-state index in [1.165, 1.54) is 24.3 Å². The lowest BCUT2D eigenvalue weighted by atomic mass is 10.1. The highest BCUT2D eigenvalue weighted by molar-refractivity contribution is 7.90. The minimum atomic E-state index is -3.40. The van der Waals surface area contributed by atoms with Gasteiger partial charge in [0.25, 0.3) is 5.91 Å². The van der Waals surface area contributed by atoms with Gasteiger partial charge in [0.1, 0.15) is 0 Å². The molecule has 0 aliphatic rings. The van der Waals surface area contributed by atoms with E-state index >= 15 is 0 Å². The first-order valence-corrected chi connectivity index (χ1v) is 9.93. The minimum Gasteiger partial charge on any atom is -0.343 e. The van der Waals surface area contributed by atoms with Crippen LogP contribution in [0.3, 0.4) is 0 Å². The molecule has 6 nitrogen and oxygen atoms in total. The minimum absolute atomic E-state index is 0.0560. The number of hydrogen-bond donors (Lipinski definition) is 2. The molecule has 7 heteroatoms. The van der Waals surface area contributed by atoms with E-state index < -0.39 is 15.7 Å². The molecule has 138 valence electrons. The highest BCUT2D eigenvalue weighted by atomic mass is 32.2. The van der Waals surface area contributed by atoms with Crippen LogP contribution in [0.1, 0.15) is 27.0 Å². The van der Waals surface area contributed by atoms with E-state index in [1.807, 2.05) is 32.9 Å². The molecule has 0 heterocycles. The summed E-state index contributed by atoms with van der Waals surface area (Å²) in [6, 6.07) is 9.63. The van der Waals surface area contributed by atoms with Gasteiger partial charge in [-0.05, 0) is 50.1 Å². The van der Waals surface area contributed by atoms with Crippen LogP contribution >= 0.6 is 0 Å². The number of carbonyl (C=O) groups is 2. The predicted octanol–water partition coefficient (Wildman–Crippen LogP) is 2.38. The normalized spacial score (nSPS) is 11.1. The molecule has 0 aliphatic heterocycles. The third-order valence-corrected chi connectivity index (χ3v) is 4.99. The van der Waals surface area contributed by atoms with Gasteiger partial charge in [-0.2, -0.15) is 0 Å². The molecule has 0 aromatic heterocycles. The number of hydrogen-bond acceptors (Lipinski definition) is 4. The maximum Gasteiger partial charge on any atom is 0.251 e. The van der Waals surface area contributed by atoms with Crippen LogP contribution in [0.25, 0.3) is 0 Å². The van der Waals surface area contributed by atoms with Crippen molar-refractivity contribution in [2.24, 2.45) is 0 Å². The molecule has 2 N–H and O–H groups in total. The quantitative estimate of drug-likeness (QED) is 0.840. The average molecular weight is 374 g/mol. The van der Waals surface area contributed by atoms with Crippen molar-refractivity contribution in [1.29, 1.82) is 0 Å². The Balaban J connectivity index is 2.03. The van der Waals surface area contributed by atoms with Crippen molar-refractivity contribution in [2.45, 2.75) is 25.7 Å². The number of rotatable bonds is 5. The van der Waals surface area contributed by atoms with Crippen molar-refractivity contribution >= 4 is 27.3 Å². The molecular weight excluding hydrogens is 352 g/mol. The van der Waals surface area contributed by atoms with Crippen LogP contribution < -0.4 is 10.6 Å². The van der Waals surface area contributed by atoms with Crippen molar-refractivity contribution in [3.05, 3.63) is 58.7 Å². The molecule has 26 heavy (non-hydrogen) atoms. The van der Waals surface area contributed by atoms with Crippen LogP contribution in [0.15, 0.2) is 41.3 Å². The Labute approximate surface area is 153 Å². The molecule has 2 aromatic carbocycles. The number of anilines is 1. The molecule has 0 radical (unpaired) electrons. The third-order valence-electron chi connectivity index (χ3n) is 3.88. The van der Waals surface area contributed by atoms with Gasteiger partial charge in [0, 0.05) is 17.5 Å². The van der Waals surface area contributed by atoms with E-state index in [0.717, 1.165) is 28.6 Å². The van der Waals surface area contributed by atoms with Gasteiger partial charge in [0.05, 0.1) is 11.4 Å². The van der Waals surface area contributed by atoms with Gasteiger partial charge in [0.2, 0.25) is 5.91 Å². The van der Waals surface area contributed by atoms with Crippen LogP contribution in [0.5, 0.6) is 0 Å². The summed E-state index contributed by atoms with van der Waals surface area (Å²) >= 11 is 0. The maximum absolute atomic E-state index is 12.2. The Morgan fingerprint density at radius 3 is 2.19 bits per heavy atom. The first-order valence-electron chi connectivity index (χ1n) is 8.04. The molecule has 0 saturated heterocycles. The Hall–Kier alpha value is -2.67. The summed E-state index contributed by atoms with van der Waals surface area (Å²) < 4.78 is 23.1. The maximum atomic E-state index is 12.2. The highest BCUT2D eigenvalue weighted by Gasteiger charge is 2.13. The van der Waals surface area contributed by atoms with Crippen LogP contribution in [-0.4, -0.2) is 33.0 Å². The highest BCUT2D eigenvalue weighted by Crippen LogP contribution is 2.21. The summed E-state index contributed by atoms with van der Waals surface area (Å²) in [7, 11) is -3.40. The third kappa shape index (κ3) is 4.92. The van der Waals surface area contributed by atoms with E-state index in [-0.39, 0.29) is 22.9 Å². The Morgan fingerprint density at radius 2 is 1.62 bits per heavy atom. The predicted molar refractivity (Wildman–Crippen MR) is 101 cm³/mol. The molecule has 0 fully saturated rings. The van der Waals surface area contributed by atoms with Crippen molar-refractivity contribution in [3.63, 3.8) is 0 Å². The zero-order chi connectivity index (χ0) is 19.5. The number of sulfone groups is 1. The van der Waals surface area contributed by atoms with Crippen LogP contribution in [-0.2, 0) is 14.6 Å². The molecule has 0 unspecified atom stereocenters. The van der Waals surface area contributed by atoms with Gasteiger partial charge >= 0.3 is 0 Å². The van der Waals surface area contributed by atoms with Crippen molar-refractivity contribution in [1.82, 2.24) is 5.32 Å². The molecule has 0 aliphatic carbocycles. The molecule has 0 bridgehead atoms. The standard InChI is InChI=1S/C19H22N2O4S/c1-12-8-13(2)18(14(3)9-12)21-17(22)11-20-19(23)15-6-5-7-16(10-15)26(4,24)25/h5-10H,11H2,1-4H3,(H,20,23)(H,21,22). The van der Waals surface area contributed by atoms with Crippen LogP contribution in [0, 0.1) is 20.8 Å². The number of benzene rings is 2. The molecule has 0 saturated carbocycles. The summed E-state index contributed by atoms with van der Waals surface area (Å²) in [6.07, 6.45) is 1.07. The summed E-state index contributed by atoms with van der Waals surface area (Å²) in [5.41, 5.74) is 3.92. The second kappa shape index (κ2) is 7.70. The zero-order valence-corrected chi connectivity index (χ0v) is 16.0. The smallest absolute Gasteiger partial charge is 0.251 e. The molecule has 2 rings (SSSR count). The second-order valence-corrected chi connectivity index (χ2v) is 8.32. The first kappa shape index (κ1) is 19.7. The van der Waals surface area contributed by atoms with E-state index in [0.29, 0.717) is 0 Å². The van der Waals surface area contributed by atoms with Gasteiger partial charge in [0.15, 0.2) is 9.84 Å². The summed E-state index contributed by atoms with van der Waals surface area (Å²) in [4.78, 5) is 24.4. The Kier molecular flexibility index (Phi) is 5.82. The average Bonchev–Trinajstić information content (AvgIpc) is 2.55. The zero-order valence-electron chi connectivity index (χ0n) is 15.2. The number of amides is 2. The van der Waals surface area contributed by atoms with Crippen molar-refractivity contribution in [3.8, 4) is 0 Å². The topological polar surface area (TPSA) is 92.3 Å². The van der Waals surface area contributed by atoms with E-state index in [2.05, 4.69) is 10.6 Å².